The van der Waals surface area contributed by atoms with Crippen molar-refractivity contribution in [3.8, 4) is 0 Å². The van der Waals surface area contributed by atoms with E-state index in [-0.39, 0.29) is 5.00 Å². The number of nitrogens with zero attached hydrogens (tertiary/aromatic N) is 3. The highest BCUT2D eigenvalue weighted by atomic mass is 127. The fraction of sp³-hybridized carbons (Fsp3) is 0.125. The summed E-state index contributed by atoms with van der Waals surface area (Å²) in [5, 5.41) is 14.7. The largest absolute Gasteiger partial charge is 0.383 e. The van der Waals surface area contributed by atoms with Crippen LogP contribution < -0.4 is 5.73 Å². The van der Waals surface area contributed by atoms with Crippen molar-refractivity contribution in [3.63, 3.8) is 0 Å². The number of nitro groups is 1. The Kier molecular flexibility index (Phi) is 3.10. The zero-order valence-electron chi connectivity index (χ0n) is 7.96. The molecule has 0 aromatic carbocycles. The quantitative estimate of drug-likeness (QED) is 0.522. The molecule has 0 amide bonds. The minimum absolute atomic E-state index is 0.135. The molecule has 0 aliphatic heterocycles. The van der Waals surface area contributed by atoms with E-state index in [2.05, 4.69) is 27.7 Å². The summed E-state index contributed by atoms with van der Waals surface area (Å²) in [6.07, 6.45) is 1.66. The van der Waals surface area contributed by atoms with E-state index in [4.69, 9.17) is 5.73 Å². The summed E-state index contributed by atoms with van der Waals surface area (Å²) < 4.78 is 2.50. The predicted octanol–water partition coefficient (Wildman–Crippen LogP) is 2.09. The van der Waals surface area contributed by atoms with E-state index in [9.17, 15) is 10.1 Å². The summed E-state index contributed by atoms with van der Waals surface area (Å²) in [4.78, 5) is 11.0. The Morgan fingerprint density at radius 3 is 2.88 bits per heavy atom. The normalized spacial score (nSPS) is 10.6. The lowest BCUT2D eigenvalue weighted by Crippen LogP contribution is -2.04. The number of thiophene rings is 1. The zero-order chi connectivity index (χ0) is 11.7. The molecule has 0 aliphatic carbocycles. The summed E-state index contributed by atoms with van der Waals surface area (Å²) in [6, 6.07) is 3.21. The van der Waals surface area contributed by atoms with Crippen molar-refractivity contribution in [2.45, 2.75) is 6.54 Å². The van der Waals surface area contributed by atoms with Gasteiger partial charge >= 0.3 is 5.00 Å². The number of halogens is 1. The van der Waals surface area contributed by atoms with Crippen molar-refractivity contribution in [2.24, 2.45) is 0 Å². The van der Waals surface area contributed by atoms with Gasteiger partial charge in [-0.2, -0.15) is 5.10 Å². The molecule has 0 fully saturated rings. The second-order valence-corrected chi connectivity index (χ2v) is 5.34. The second kappa shape index (κ2) is 4.37. The highest BCUT2D eigenvalue weighted by Gasteiger charge is 2.11. The van der Waals surface area contributed by atoms with Gasteiger partial charge in [-0.15, -0.1) is 0 Å². The van der Waals surface area contributed by atoms with Gasteiger partial charge in [0.2, 0.25) is 0 Å². The summed E-state index contributed by atoms with van der Waals surface area (Å²) >= 11 is 3.23. The standard InChI is InChI=1S/C8H7IN4O2S/c9-6-3-11-12(8(6)10)4-5-1-2-7(16-5)13(14)15/h1-3H,4,10H2. The van der Waals surface area contributed by atoms with Gasteiger partial charge in [-0.05, 0) is 28.7 Å². The van der Waals surface area contributed by atoms with Crippen LogP contribution in [-0.2, 0) is 6.54 Å². The van der Waals surface area contributed by atoms with Crippen LogP contribution in [-0.4, -0.2) is 14.7 Å². The number of rotatable bonds is 3. The van der Waals surface area contributed by atoms with Gasteiger partial charge in [0.15, 0.2) is 0 Å². The van der Waals surface area contributed by atoms with Crippen LogP contribution in [0.2, 0.25) is 0 Å². The molecule has 0 spiro atoms. The molecule has 8 heteroatoms. The number of hydrogen-bond acceptors (Lipinski definition) is 5. The van der Waals surface area contributed by atoms with Crippen LogP contribution >= 0.6 is 33.9 Å². The van der Waals surface area contributed by atoms with Crippen LogP contribution in [0.3, 0.4) is 0 Å². The molecule has 0 bridgehead atoms. The molecule has 0 unspecified atom stereocenters. The van der Waals surface area contributed by atoms with Crippen LogP contribution in [0, 0.1) is 13.7 Å². The molecule has 2 rings (SSSR count). The minimum Gasteiger partial charge on any atom is -0.383 e. The topological polar surface area (TPSA) is 87.0 Å². The number of nitrogen functional groups attached to an aromatic ring is 1. The van der Waals surface area contributed by atoms with Crippen LogP contribution in [0.4, 0.5) is 10.8 Å². The first-order valence-electron chi connectivity index (χ1n) is 4.28. The monoisotopic (exact) mass is 350 g/mol. The molecule has 2 aromatic heterocycles. The third-order valence-electron chi connectivity index (χ3n) is 1.97. The molecular formula is C8H7IN4O2S. The van der Waals surface area contributed by atoms with Gasteiger partial charge in [-0.1, -0.05) is 11.3 Å². The lowest BCUT2D eigenvalue weighted by atomic mass is 10.4. The summed E-state index contributed by atoms with van der Waals surface area (Å²) in [5.41, 5.74) is 5.78. The van der Waals surface area contributed by atoms with Crippen LogP contribution in [0.25, 0.3) is 0 Å². The summed E-state index contributed by atoms with van der Waals surface area (Å²) in [7, 11) is 0. The number of aromatic nitrogens is 2. The molecule has 6 nitrogen and oxygen atoms in total. The molecule has 0 saturated heterocycles. The van der Waals surface area contributed by atoms with Crippen molar-refractivity contribution in [2.75, 3.05) is 5.73 Å². The molecule has 0 radical (unpaired) electrons. The highest BCUT2D eigenvalue weighted by molar-refractivity contribution is 14.1. The maximum Gasteiger partial charge on any atom is 0.324 e. The van der Waals surface area contributed by atoms with E-state index < -0.39 is 4.92 Å². The Balaban J connectivity index is 2.21. The van der Waals surface area contributed by atoms with Crippen molar-refractivity contribution < 1.29 is 4.92 Å². The molecule has 2 aromatic rings. The highest BCUT2D eigenvalue weighted by Crippen LogP contribution is 2.25. The minimum atomic E-state index is -0.398. The molecule has 2 N–H and O–H groups in total. The smallest absolute Gasteiger partial charge is 0.324 e. The van der Waals surface area contributed by atoms with E-state index in [1.165, 1.54) is 6.07 Å². The van der Waals surface area contributed by atoms with Crippen LogP contribution in [0.5, 0.6) is 0 Å². The number of hydrogen-bond donors (Lipinski definition) is 1. The average molecular weight is 350 g/mol. The summed E-state index contributed by atoms with van der Waals surface area (Å²) in [5.74, 6) is 0.580. The summed E-state index contributed by atoms with van der Waals surface area (Å²) in [6.45, 7) is 0.466. The molecule has 0 atom stereocenters. The van der Waals surface area contributed by atoms with Gasteiger partial charge < -0.3 is 5.73 Å². The van der Waals surface area contributed by atoms with Crippen molar-refractivity contribution >= 4 is 44.7 Å². The van der Waals surface area contributed by atoms with E-state index in [0.29, 0.717) is 12.4 Å². The van der Waals surface area contributed by atoms with Gasteiger partial charge in [0, 0.05) is 10.9 Å². The van der Waals surface area contributed by atoms with Gasteiger partial charge in [0.05, 0.1) is 21.2 Å². The van der Waals surface area contributed by atoms with Gasteiger partial charge in [-0.25, -0.2) is 4.68 Å². The first-order valence-corrected chi connectivity index (χ1v) is 6.17. The molecule has 84 valence electrons. The van der Waals surface area contributed by atoms with Gasteiger partial charge in [0.1, 0.15) is 5.82 Å². The fourth-order valence-electron chi connectivity index (χ4n) is 1.20. The van der Waals surface area contributed by atoms with Crippen LogP contribution in [0.15, 0.2) is 18.3 Å². The maximum absolute atomic E-state index is 10.5. The van der Waals surface area contributed by atoms with E-state index in [1.54, 1.807) is 16.9 Å². The zero-order valence-corrected chi connectivity index (χ0v) is 10.9. The Morgan fingerprint density at radius 2 is 2.38 bits per heavy atom. The second-order valence-electron chi connectivity index (χ2n) is 3.03. The Hall–Kier alpha value is -1.16. The average Bonchev–Trinajstić information content (AvgIpc) is 2.81. The van der Waals surface area contributed by atoms with E-state index in [1.807, 2.05) is 0 Å². The third kappa shape index (κ3) is 2.16. The Bertz CT molecular complexity index is 536. The predicted molar refractivity (Wildman–Crippen MR) is 69.4 cm³/mol. The SMILES string of the molecule is Nc1c(I)cnn1Cc1ccc([N+](=O)[O-])s1. The Morgan fingerprint density at radius 1 is 1.62 bits per heavy atom. The first-order chi connectivity index (χ1) is 7.58. The van der Waals surface area contributed by atoms with Crippen molar-refractivity contribution in [3.05, 3.63) is 36.9 Å². The first kappa shape index (κ1) is 11.3. The van der Waals surface area contributed by atoms with Gasteiger partial charge in [-0.3, -0.25) is 10.1 Å². The van der Waals surface area contributed by atoms with Crippen molar-refractivity contribution in [1.82, 2.24) is 9.78 Å². The number of nitrogens with two attached hydrogens (primary N) is 1. The Labute approximate surface area is 108 Å². The molecule has 2 heterocycles. The van der Waals surface area contributed by atoms with E-state index >= 15 is 0 Å². The van der Waals surface area contributed by atoms with E-state index in [0.717, 1.165) is 19.8 Å². The van der Waals surface area contributed by atoms with Crippen LogP contribution in [0.1, 0.15) is 4.88 Å². The van der Waals surface area contributed by atoms with Crippen molar-refractivity contribution in [1.29, 1.82) is 0 Å². The lowest BCUT2D eigenvalue weighted by molar-refractivity contribution is -0.380. The molecule has 16 heavy (non-hydrogen) atoms. The van der Waals surface area contributed by atoms with Gasteiger partial charge in [0.25, 0.3) is 0 Å². The molecular weight excluding hydrogens is 343 g/mol. The third-order valence-corrected chi connectivity index (χ3v) is 3.82. The lowest BCUT2D eigenvalue weighted by Gasteiger charge is -2.00. The number of anilines is 1. The molecule has 0 aliphatic rings. The molecule has 0 saturated carbocycles. The maximum atomic E-state index is 10.5. The fourth-order valence-corrected chi connectivity index (χ4v) is 2.40.